The van der Waals surface area contributed by atoms with Crippen LogP contribution in [0.2, 0.25) is 10.0 Å². The van der Waals surface area contributed by atoms with Crippen molar-refractivity contribution in [1.29, 1.82) is 0 Å². The Morgan fingerprint density at radius 2 is 1.65 bits per heavy atom. The molecule has 0 bridgehead atoms. The lowest BCUT2D eigenvalue weighted by atomic mass is 10.1. The number of halogens is 2. The van der Waals surface area contributed by atoms with Crippen LogP contribution in [0.15, 0.2) is 42.5 Å². The van der Waals surface area contributed by atoms with E-state index in [0.29, 0.717) is 15.9 Å². The van der Waals surface area contributed by atoms with Gasteiger partial charge in [-0.3, -0.25) is 0 Å². The van der Waals surface area contributed by atoms with Crippen LogP contribution in [0.5, 0.6) is 0 Å². The highest BCUT2D eigenvalue weighted by atomic mass is 35.5. The van der Waals surface area contributed by atoms with E-state index in [9.17, 15) is 0 Å². The Hall–Kier alpha value is -1.84. The number of anilines is 1. The van der Waals surface area contributed by atoms with Crippen LogP contribution < -0.4 is 4.90 Å². The van der Waals surface area contributed by atoms with Crippen molar-refractivity contribution >= 4 is 39.9 Å². The molecular weight excluding hydrogens is 329 g/mol. The monoisotopic (exact) mass is 343 g/mol. The summed E-state index contributed by atoms with van der Waals surface area (Å²) in [4.78, 5) is 11.9. The zero-order valence-corrected chi connectivity index (χ0v) is 14.0. The van der Waals surface area contributed by atoms with Crippen molar-refractivity contribution in [2.24, 2.45) is 0 Å². The summed E-state index contributed by atoms with van der Waals surface area (Å²) >= 11 is 12.2. The molecule has 0 spiro atoms. The maximum absolute atomic E-state index is 6.15. The van der Waals surface area contributed by atoms with Gasteiger partial charge in [-0.15, -0.1) is 0 Å². The highest BCUT2D eigenvalue weighted by Gasteiger charge is 2.18. The van der Waals surface area contributed by atoms with Crippen LogP contribution in [0.1, 0.15) is 12.8 Å². The number of hydrogen-bond acceptors (Lipinski definition) is 3. The molecule has 3 aromatic rings. The van der Waals surface area contributed by atoms with Crippen LogP contribution in [-0.4, -0.2) is 23.1 Å². The van der Waals surface area contributed by atoms with Crippen molar-refractivity contribution in [2.45, 2.75) is 12.8 Å². The second-order valence-electron chi connectivity index (χ2n) is 5.71. The zero-order valence-electron chi connectivity index (χ0n) is 12.5. The Bertz CT molecular complexity index is 873. The highest BCUT2D eigenvalue weighted by Crippen LogP contribution is 2.31. The maximum atomic E-state index is 6.15. The summed E-state index contributed by atoms with van der Waals surface area (Å²) in [6.45, 7) is 2.09. The number of nitrogens with zero attached hydrogens (tertiary/aromatic N) is 3. The predicted octanol–water partition coefficient (Wildman–Crippen LogP) is 5.20. The standard InChI is InChI=1S/C18H15Cl2N3/c19-14-8-7-12(11-15(14)20)17-21-16-6-2-1-5-13(16)18(22-17)23-9-3-4-10-23/h1-2,5-8,11H,3-4,9-10H2. The van der Waals surface area contributed by atoms with E-state index >= 15 is 0 Å². The van der Waals surface area contributed by atoms with Crippen molar-refractivity contribution in [2.75, 3.05) is 18.0 Å². The van der Waals surface area contributed by atoms with Gasteiger partial charge in [0, 0.05) is 24.0 Å². The molecule has 4 rings (SSSR count). The predicted molar refractivity (Wildman–Crippen MR) is 96.4 cm³/mol. The van der Waals surface area contributed by atoms with Crippen molar-refractivity contribution < 1.29 is 0 Å². The van der Waals surface area contributed by atoms with E-state index in [1.54, 1.807) is 6.07 Å². The minimum Gasteiger partial charge on any atom is -0.356 e. The molecule has 1 saturated heterocycles. The largest absolute Gasteiger partial charge is 0.356 e. The number of benzene rings is 2. The molecule has 0 unspecified atom stereocenters. The van der Waals surface area contributed by atoms with E-state index in [0.717, 1.165) is 35.4 Å². The van der Waals surface area contributed by atoms with Crippen LogP contribution in [0.3, 0.4) is 0 Å². The van der Waals surface area contributed by atoms with Crippen molar-refractivity contribution in [3.05, 3.63) is 52.5 Å². The van der Waals surface area contributed by atoms with Crippen LogP contribution in [0, 0.1) is 0 Å². The first kappa shape index (κ1) is 14.7. The molecular formula is C18H15Cl2N3. The second kappa shape index (κ2) is 5.99. The first-order valence-electron chi connectivity index (χ1n) is 7.69. The van der Waals surface area contributed by atoms with Gasteiger partial charge in [-0.2, -0.15) is 0 Å². The van der Waals surface area contributed by atoms with Gasteiger partial charge in [-0.25, -0.2) is 9.97 Å². The molecule has 116 valence electrons. The third-order valence-electron chi connectivity index (χ3n) is 4.17. The van der Waals surface area contributed by atoms with E-state index in [4.69, 9.17) is 33.2 Å². The molecule has 3 nitrogen and oxygen atoms in total. The summed E-state index contributed by atoms with van der Waals surface area (Å²) in [6, 6.07) is 13.7. The van der Waals surface area contributed by atoms with Gasteiger partial charge in [0.25, 0.3) is 0 Å². The average molecular weight is 344 g/mol. The minimum atomic E-state index is 0.517. The van der Waals surface area contributed by atoms with Gasteiger partial charge in [0.2, 0.25) is 0 Å². The summed E-state index contributed by atoms with van der Waals surface area (Å²) in [5.74, 6) is 1.69. The first-order valence-corrected chi connectivity index (χ1v) is 8.45. The Kier molecular flexibility index (Phi) is 3.83. The Morgan fingerprint density at radius 3 is 2.43 bits per heavy atom. The minimum absolute atomic E-state index is 0.517. The van der Waals surface area contributed by atoms with Gasteiger partial charge in [0.1, 0.15) is 5.82 Å². The van der Waals surface area contributed by atoms with E-state index in [-0.39, 0.29) is 0 Å². The summed E-state index contributed by atoms with van der Waals surface area (Å²) < 4.78 is 0. The molecule has 0 saturated carbocycles. The van der Waals surface area contributed by atoms with Gasteiger partial charge in [-0.05, 0) is 43.2 Å². The molecule has 2 aromatic carbocycles. The molecule has 23 heavy (non-hydrogen) atoms. The molecule has 0 N–H and O–H groups in total. The highest BCUT2D eigenvalue weighted by molar-refractivity contribution is 6.42. The zero-order chi connectivity index (χ0) is 15.8. The molecule has 0 amide bonds. The molecule has 0 aliphatic carbocycles. The molecule has 1 fully saturated rings. The van der Waals surface area contributed by atoms with Gasteiger partial charge >= 0.3 is 0 Å². The van der Waals surface area contributed by atoms with Gasteiger partial charge in [-0.1, -0.05) is 35.3 Å². The lowest BCUT2D eigenvalue weighted by molar-refractivity contribution is 0.941. The number of fused-ring (bicyclic) bond motifs is 1. The maximum Gasteiger partial charge on any atom is 0.162 e. The van der Waals surface area contributed by atoms with Gasteiger partial charge in [0.05, 0.1) is 15.6 Å². The Balaban J connectivity index is 1.91. The SMILES string of the molecule is Clc1ccc(-c2nc(N3CCCC3)c3ccccc3n2)cc1Cl. The lowest BCUT2D eigenvalue weighted by Crippen LogP contribution is -2.19. The van der Waals surface area contributed by atoms with E-state index in [2.05, 4.69) is 11.0 Å². The molecule has 5 heteroatoms. The van der Waals surface area contributed by atoms with Crippen molar-refractivity contribution in [1.82, 2.24) is 9.97 Å². The van der Waals surface area contributed by atoms with Crippen LogP contribution >= 0.6 is 23.2 Å². The molecule has 0 radical (unpaired) electrons. The number of hydrogen-bond donors (Lipinski definition) is 0. The van der Waals surface area contributed by atoms with Crippen molar-refractivity contribution in [3.8, 4) is 11.4 Å². The van der Waals surface area contributed by atoms with Gasteiger partial charge < -0.3 is 4.90 Å². The molecule has 1 aromatic heterocycles. The smallest absolute Gasteiger partial charge is 0.162 e. The fourth-order valence-corrected chi connectivity index (χ4v) is 3.29. The van der Waals surface area contributed by atoms with E-state index in [1.165, 1.54) is 12.8 Å². The third-order valence-corrected chi connectivity index (χ3v) is 4.91. The lowest BCUT2D eigenvalue weighted by Gasteiger charge is -2.19. The van der Waals surface area contributed by atoms with Crippen LogP contribution in [0.25, 0.3) is 22.3 Å². The number of para-hydroxylation sites is 1. The summed E-state index contributed by atoms with van der Waals surface area (Å²) in [5, 5.41) is 2.15. The third kappa shape index (κ3) is 2.75. The topological polar surface area (TPSA) is 29.0 Å². The van der Waals surface area contributed by atoms with Crippen LogP contribution in [0.4, 0.5) is 5.82 Å². The first-order chi connectivity index (χ1) is 11.2. The molecule has 1 aliphatic heterocycles. The fraction of sp³-hybridized carbons (Fsp3) is 0.222. The normalized spacial score (nSPS) is 14.6. The van der Waals surface area contributed by atoms with Crippen LogP contribution in [-0.2, 0) is 0 Å². The van der Waals surface area contributed by atoms with E-state index < -0.39 is 0 Å². The van der Waals surface area contributed by atoms with Crippen molar-refractivity contribution in [3.63, 3.8) is 0 Å². The number of rotatable bonds is 2. The average Bonchev–Trinajstić information content (AvgIpc) is 3.11. The summed E-state index contributed by atoms with van der Waals surface area (Å²) in [5.41, 5.74) is 1.83. The summed E-state index contributed by atoms with van der Waals surface area (Å²) in [7, 11) is 0. The number of aromatic nitrogens is 2. The fourth-order valence-electron chi connectivity index (χ4n) is 2.99. The van der Waals surface area contributed by atoms with E-state index in [1.807, 2.05) is 30.3 Å². The molecule has 0 atom stereocenters. The van der Waals surface area contributed by atoms with Gasteiger partial charge in [0.15, 0.2) is 5.82 Å². The Morgan fingerprint density at radius 1 is 0.870 bits per heavy atom. The Labute approximate surface area is 144 Å². The quantitative estimate of drug-likeness (QED) is 0.639. The molecule has 1 aliphatic rings. The molecule has 2 heterocycles. The summed E-state index contributed by atoms with van der Waals surface area (Å²) in [6.07, 6.45) is 2.42. The second-order valence-corrected chi connectivity index (χ2v) is 6.53.